The Hall–Kier alpha value is -1.77. The molecular weight excluding hydrogens is 249 g/mol. The highest BCUT2D eigenvalue weighted by molar-refractivity contribution is 5.35. The molecule has 100 valence electrons. The lowest BCUT2D eigenvalue weighted by atomic mass is 9.91. The minimum Gasteiger partial charge on any atom is -0.250 e. The first-order valence-corrected chi connectivity index (χ1v) is 6.25. The molecule has 2 rings (SSSR count). The van der Waals surface area contributed by atoms with Crippen LogP contribution in [-0.2, 0) is 6.42 Å². The van der Waals surface area contributed by atoms with Crippen LogP contribution in [0.3, 0.4) is 0 Å². The summed E-state index contributed by atoms with van der Waals surface area (Å²) in [5.41, 5.74) is 2.33. The van der Waals surface area contributed by atoms with Gasteiger partial charge in [0, 0.05) is 5.92 Å². The van der Waals surface area contributed by atoms with Gasteiger partial charge in [-0.2, -0.15) is 0 Å². The Morgan fingerprint density at radius 3 is 2.32 bits per heavy atom. The first kappa shape index (κ1) is 13.7. The van der Waals surface area contributed by atoms with E-state index in [2.05, 4.69) is 0 Å². The first-order chi connectivity index (χ1) is 9.15. The van der Waals surface area contributed by atoms with Crippen molar-refractivity contribution in [3.8, 4) is 0 Å². The average molecular weight is 264 g/mol. The van der Waals surface area contributed by atoms with Crippen molar-refractivity contribution in [2.45, 2.75) is 19.3 Å². The van der Waals surface area contributed by atoms with Crippen LogP contribution in [0.4, 0.5) is 13.2 Å². The van der Waals surface area contributed by atoms with E-state index in [-0.39, 0.29) is 0 Å². The normalized spacial score (nSPS) is 12.4. The van der Waals surface area contributed by atoms with Gasteiger partial charge in [-0.1, -0.05) is 37.3 Å². The van der Waals surface area contributed by atoms with E-state index in [0.717, 1.165) is 29.7 Å². The molecule has 2 aromatic carbocycles. The highest BCUT2D eigenvalue weighted by Gasteiger charge is 2.16. The van der Waals surface area contributed by atoms with E-state index < -0.39 is 24.2 Å². The molecule has 0 aliphatic rings. The standard InChI is InChI=1S/C16H15F3/c1-2-11-4-3-5-12(8-11)14(10-17)13-6-7-15(18)16(19)9-13/h3-9,14H,2,10H2,1H3. The molecule has 0 amide bonds. The van der Waals surface area contributed by atoms with Crippen molar-refractivity contribution in [1.29, 1.82) is 0 Å². The van der Waals surface area contributed by atoms with E-state index in [9.17, 15) is 13.2 Å². The van der Waals surface area contributed by atoms with Gasteiger partial charge in [-0.25, -0.2) is 8.78 Å². The monoisotopic (exact) mass is 264 g/mol. The van der Waals surface area contributed by atoms with Crippen LogP contribution in [0.2, 0.25) is 0 Å². The van der Waals surface area contributed by atoms with Gasteiger partial charge in [0.05, 0.1) is 0 Å². The number of benzene rings is 2. The van der Waals surface area contributed by atoms with E-state index in [1.807, 2.05) is 31.2 Å². The van der Waals surface area contributed by atoms with Gasteiger partial charge in [0.25, 0.3) is 0 Å². The van der Waals surface area contributed by atoms with Crippen molar-refractivity contribution in [3.05, 3.63) is 70.8 Å². The maximum Gasteiger partial charge on any atom is 0.159 e. The Labute approximate surface area is 110 Å². The summed E-state index contributed by atoms with van der Waals surface area (Å²) in [4.78, 5) is 0. The van der Waals surface area contributed by atoms with Gasteiger partial charge in [-0.3, -0.25) is 4.39 Å². The van der Waals surface area contributed by atoms with Crippen molar-refractivity contribution in [2.75, 3.05) is 6.67 Å². The second-order valence-electron chi connectivity index (χ2n) is 4.48. The molecule has 3 heteroatoms. The van der Waals surface area contributed by atoms with Gasteiger partial charge in [0.2, 0.25) is 0 Å². The molecule has 0 spiro atoms. The van der Waals surface area contributed by atoms with Crippen LogP contribution in [0, 0.1) is 11.6 Å². The molecule has 19 heavy (non-hydrogen) atoms. The maximum absolute atomic E-state index is 13.3. The summed E-state index contributed by atoms with van der Waals surface area (Å²) in [6, 6.07) is 11.1. The fraction of sp³-hybridized carbons (Fsp3) is 0.250. The number of rotatable bonds is 4. The second kappa shape index (κ2) is 5.91. The van der Waals surface area contributed by atoms with Crippen molar-refractivity contribution in [1.82, 2.24) is 0 Å². The molecule has 0 radical (unpaired) electrons. The van der Waals surface area contributed by atoms with Crippen molar-refractivity contribution >= 4 is 0 Å². The van der Waals surface area contributed by atoms with Gasteiger partial charge in [-0.15, -0.1) is 0 Å². The molecule has 0 N–H and O–H groups in total. The summed E-state index contributed by atoms with van der Waals surface area (Å²) in [6.07, 6.45) is 0.852. The minimum absolute atomic E-state index is 0.453. The molecule has 0 saturated heterocycles. The average Bonchev–Trinajstić information content (AvgIpc) is 2.44. The Bertz CT molecular complexity index is 564. The Balaban J connectivity index is 2.40. The number of hydrogen-bond donors (Lipinski definition) is 0. The number of hydrogen-bond acceptors (Lipinski definition) is 0. The SMILES string of the molecule is CCc1cccc(C(CF)c2ccc(F)c(F)c2)c1. The third-order valence-electron chi connectivity index (χ3n) is 3.26. The molecule has 1 unspecified atom stereocenters. The van der Waals surface area contributed by atoms with Gasteiger partial charge < -0.3 is 0 Å². The third kappa shape index (κ3) is 2.98. The summed E-state index contributed by atoms with van der Waals surface area (Å²) >= 11 is 0. The smallest absolute Gasteiger partial charge is 0.159 e. The zero-order chi connectivity index (χ0) is 13.8. The molecule has 0 saturated carbocycles. The number of aryl methyl sites for hydroxylation is 1. The van der Waals surface area contributed by atoms with E-state index >= 15 is 0 Å². The zero-order valence-corrected chi connectivity index (χ0v) is 10.7. The van der Waals surface area contributed by atoms with E-state index in [1.54, 1.807) is 0 Å². The predicted octanol–water partition coefficient (Wildman–Crippen LogP) is 4.63. The second-order valence-corrected chi connectivity index (χ2v) is 4.48. The Morgan fingerprint density at radius 2 is 1.68 bits per heavy atom. The largest absolute Gasteiger partial charge is 0.250 e. The molecule has 0 nitrogen and oxygen atoms in total. The molecule has 0 aliphatic carbocycles. The molecule has 0 bridgehead atoms. The van der Waals surface area contributed by atoms with Crippen LogP contribution in [-0.4, -0.2) is 6.67 Å². The van der Waals surface area contributed by atoms with Gasteiger partial charge in [0.1, 0.15) is 6.67 Å². The highest BCUT2D eigenvalue weighted by Crippen LogP contribution is 2.27. The fourth-order valence-electron chi connectivity index (χ4n) is 2.13. The van der Waals surface area contributed by atoms with Crippen LogP contribution in [0.25, 0.3) is 0 Å². The molecule has 0 heterocycles. The summed E-state index contributed by atoms with van der Waals surface area (Å²) in [7, 11) is 0. The van der Waals surface area contributed by atoms with E-state index in [1.165, 1.54) is 6.07 Å². The van der Waals surface area contributed by atoms with E-state index in [4.69, 9.17) is 0 Å². The molecule has 0 fully saturated rings. The topological polar surface area (TPSA) is 0 Å². The molecule has 0 aliphatic heterocycles. The quantitative estimate of drug-likeness (QED) is 0.755. The van der Waals surface area contributed by atoms with Crippen LogP contribution >= 0.6 is 0 Å². The zero-order valence-electron chi connectivity index (χ0n) is 10.7. The summed E-state index contributed by atoms with van der Waals surface area (Å²) < 4.78 is 39.4. The van der Waals surface area contributed by atoms with Crippen molar-refractivity contribution < 1.29 is 13.2 Å². The van der Waals surface area contributed by atoms with Crippen LogP contribution in [0.5, 0.6) is 0 Å². The minimum atomic E-state index is -0.942. The molecule has 0 aromatic heterocycles. The summed E-state index contributed by atoms with van der Waals surface area (Å²) in [6.45, 7) is 1.37. The lowest BCUT2D eigenvalue weighted by Gasteiger charge is -2.15. The summed E-state index contributed by atoms with van der Waals surface area (Å²) in [5, 5.41) is 0. The van der Waals surface area contributed by atoms with Crippen LogP contribution < -0.4 is 0 Å². The van der Waals surface area contributed by atoms with Gasteiger partial charge in [0.15, 0.2) is 11.6 Å². The van der Waals surface area contributed by atoms with Gasteiger partial charge >= 0.3 is 0 Å². The van der Waals surface area contributed by atoms with Crippen LogP contribution in [0.15, 0.2) is 42.5 Å². The van der Waals surface area contributed by atoms with Crippen molar-refractivity contribution in [2.24, 2.45) is 0 Å². The van der Waals surface area contributed by atoms with Crippen molar-refractivity contribution in [3.63, 3.8) is 0 Å². The summed E-state index contributed by atoms with van der Waals surface area (Å²) in [5.74, 6) is -2.41. The molecule has 2 aromatic rings. The third-order valence-corrected chi connectivity index (χ3v) is 3.26. The first-order valence-electron chi connectivity index (χ1n) is 6.25. The fourth-order valence-corrected chi connectivity index (χ4v) is 2.13. The number of alkyl halides is 1. The lowest BCUT2D eigenvalue weighted by molar-refractivity contribution is 0.456. The Morgan fingerprint density at radius 1 is 0.947 bits per heavy atom. The Kier molecular flexibility index (Phi) is 4.25. The van der Waals surface area contributed by atoms with Crippen LogP contribution in [0.1, 0.15) is 29.5 Å². The predicted molar refractivity (Wildman–Crippen MR) is 70.0 cm³/mol. The van der Waals surface area contributed by atoms with E-state index in [0.29, 0.717) is 5.56 Å². The van der Waals surface area contributed by atoms with Gasteiger partial charge in [-0.05, 0) is 35.2 Å². The number of halogens is 3. The maximum atomic E-state index is 13.3. The highest BCUT2D eigenvalue weighted by atomic mass is 19.2. The lowest BCUT2D eigenvalue weighted by Crippen LogP contribution is -2.05. The molecule has 1 atom stereocenters. The molecular formula is C16H15F3.